The maximum Gasteiger partial charge on any atom is 0.167 e. The lowest BCUT2D eigenvalue weighted by Crippen LogP contribution is -2.00. The van der Waals surface area contributed by atoms with E-state index in [1.165, 1.54) is 0 Å². The van der Waals surface area contributed by atoms with E-state index in [-0.39, 0.29) is 11.5 Å². The summed E-state index contributed by atoms with van der Waals surface area (Å²) in [5.74, 6) is -3.37. The van der Waals surface area contributed by atoms with Gasteiger partial charge < -0.3 is 0 Å². The van der Waals surface area contributed by atoms with Gasteiger partial charge in [-0.05, 0) is 12.0 Å². The van der Waals surface area contributed by atoms with Crippen molar-refractivity contribution in [3.8, 4) is 0 Å². The van der Waals surface area contributed by atoms with Gasteiger partial charge in [-0.1, -0.05) is 13.8 Å². The molecule has 0 bridgehead atoms. The molecule has 65 valence electrons. The van der Waals surface area contributed by atoms with Crippen LogP contribution in [0, 0.1) is 23.5 Å². The first-order valence-electron chi connectivity index (χ1n) is 3.59. The van der Waals surface area contributed by atoms with Crippen molar-refractivity contribution >= 4 is 0 Å². The summed E-state index contributed by atoms with van der Waals surface area (Å²) in [6, 6.07) is 2.66. The van der Waals surface area contributed by atoms with Gasteiger partial charge in [0.2, 0.25) is 0 Å². The van der Waals surface area contributed by atoms with Crippen molar-refractivity contribution in [1.29, 1.82) is 0 Å². The minimum atomic E-state index is -1.13. The largest absolute Gasteiger partial charge is 0.207 e. The fourth-order valence-electron chi connectivity index (χ4n) is 1.02. The van der Waals surface area contributed by atoms with E-state index >= 15 is 0 Å². The molecule has 0 heterocycles. The van der Waals surface area contributed by atoms with Crippen LogP contribution in [0.4, 0.5) is 13.2 Å². The van der Waals surface area contributed by atoms with Crippen LogP contribution in [0.25, 0.3) is 0 Å². The van der Waals surface area contributed by atoms with E-state index in [9.17, 15) is 13.2 Å². The van der Waals surface area contributed by atoms with Crippen LogP contribution < -0.4 is 0 Å². The monoisotopic (exact) mass is 173 g/mol. The van der Waals surface area contributed by atoms with E-state index in [2.05, 4.69) is 0 Å². The highest BCUT2D eigenvalue weighted by Gasteiger charge is 2.16. The highest BCUT2D eigenvalue weighted by molar-refractivity contribution is 5.23. The van der Waals surface area contributed by atoms with E-state index < -0.39 is 17.5 Å². The van der Waals surface area contributed by atoms with Crippen LogP contribution in [0.3, 0.4) is 0 Å². The first-order valence-corrected chi connectivity index (χ1v) is 3.59. The SMILES string of the molecule is CC(C)c1c(F)c[c]c(F)c1F. The van der Waals surface area contributed by atoms with Crippen LogP contribution in [0.15, 0.2) is 6.07 Å². The van der Waals surface area contributed by atoms with Gasteiger partial charge in [-0.2, -0.15) is 0 Å². The van der Waals surface area contributed by atoms with Crippen molar-refractivity contribution in [2.24, 2.45) is 0 Å². The Bertz CT molecular complexity index is 292. The van der Waals surface area contributed by atoms with Crippen LogP contribution >= 0.6 is 0 Å². The standard InChI is InChI=1S/C9H8F3/c1-5(2)8-6(10)3-4-7(11)9(8)12/h3,5H,1-2H3. The minimum Gasteiger partial charge on any atom is -0.207 e. The van der Waals surface area contributed by atoms with Crippen molar-refractivity contribution in [3.63, 3.8) is 0 Å². The van der Waals surface area contributed by atoms with Gasteiger partial charge in [0.15, 0.2) is 11.6 Å². The molecule has 0 unspecified atom stereocenters. The lowest BCUT2D eigenvalue weighted by Gasteiger charge is -2.07. The zero-order valence-electron chi connectivity index (χ0n) is 6.79. The third-order valence-corrected chi connectivity index (χ3v) is 1.59. The Labute approximate surface area is 69.0 Å². The van der Waals surface area contributed by atoms with Crippen molar-refractivity contribution < 1.29 is 13.2 Å². The average Bonchev–Trinajstić information content (AvgIpc) is 1.97. The molecule has 0 aromatic heterocycles. The lowest BCUT2D eigenvalue weighted by atomic mass is 10.0. The molecule has 0 N–H and O–H groups in total. The molecule has 0 aliphatic heterocycles. The second-order valence-corrected chi connectivity index (χ2v) is 2.83. The van der Waals surface area contributed by atoms with Gasteiger partial charge in [-0.15, -0.1) is 0 Å². The Morgan fingerprint density at radius 2 is 1.83 bits per heavy atom. The van der Waals surface area contributed by atoms with Gasteiger partial charge in [0, 0.05) is 11.6 Å². The van der Waals surface area contributed by atoms with Gasteiger partial charge in [0.05, 0.1) is 0 Å². The van der Waals surface area contributed by atoms with Crippen LogP contribution in [-0.2, 0) is 0 Å². The van der Waals surface area contributed by atoms with Gasteiger partial charge in [0.25, 0.3) is 0 Å². The highest BCUT2D eigenvalue weighted by atomic mass is 19.2. The summed E-state index contributed by atoms with van der Waals surface area (Å²) in [4.78, 5) is 0. The van der Waals surface area contributed by atoms with Gasteiger partial charge in [-0.3, -0.25) is 0 Å². The number of hydrogen-bond donors (Lipinski definition) is 0. The van der Waals surface area contributed by atoms with Crippen molar-refractivity contribution in [2.45, 2.75) is 19.8 Å². The summed E-state index contributed by atoms with van der Waals surface area (Å²) in [5.41, 5.74) is -0.216. The van der Waals surface area contributed by atoms with Gasteiger partial charge >= 0.3 is 0 Å². The maximum atomic E-state index is 12.9. The van der Waals surface area contributed by atoms with Crippen molar-refractivity contribution in [1.82, 2.24) is 0 Å². The second-order valence-electron chi connectivity index (χ2n) is 2.83. The average molecular weight is 173 g/mol. The molecule has 0 amide bonds. The van der Waals surface area contributed by atoms with Crippen LogP contribution in [0.5, 0.6) is 0 Å². The van der Waals surface area contributed by atoms with E-state index in [0.717, 1.165) is 6.07 Å². The molecule has 3 heteroatoms. The smallest absolute Gasteiger partial charge is 0.167 e. The van der Waals surface area contributed by atoms with Gasteiger partial charge in [-0.25, -0.2) is 13.2 Å². The molecule has 1 aromatic carbocycles. The Kier molecular flexibility index (Phi) is 2.40. The van der Waals surface area contributed by atoms with E-state index in [1.807, 2.05) is 6.07 Å². The number of hydrogen-bond acceptors (Lipinski definition) is 0. The third-order valence-electron chi connectivity index (χ3n) is 1.59. The summed E-state index contributed by atoms with van der Waals surface area (Å²) in [7, 11) is 0. The zero-order chi connectivity index (χ0) is 9.30. The molecule has 0 saturated carbocycles. The first-order chi connectivity index (χ1) is 5.54. The highest BCUT2D eigenvalue weighted by Crippen LogP contribution is 2.23. The number of halogens is 3. The second kappa shape index (κ2) is 3.17. The van der Waals surface area contributed by atoms with Crippen molar-refractivity contribution in [3.05, 3.63) is 35.1 Å². The fourth-order valence-corrected chi connectivity index (χ4v) is 1.02. The van der Waals surface area contributed by atoms with Crippen LogP contribution in [0.1, 0.15) is 25.3 Å². The summed E-state index contributed by atoms with van der Waals surface area (Å²) >= 11 is 0. The first kappa shape index (κ1) is 9.10. The molecule has 0 spiro atoms. The Morgan fingerprint density at radius 3 is 2.25 bits per heavy atom. The molecule has 0 saturated heterocycles. The molecule has 1 aromatic rings. The number of benzene rings is 1. The number of rotatable bonds is 1. The van der Waals surface area contributed by atoms with E-state index in [4.69, 9.17) is 0 Å². The molecule has 0 fully saturated rings. The topological polar surface area (TPSA) is 0 Å². The maximum absolute atomic E-state index is 12.9. The molecular formula is C9H8F3. The van der Waals surface area contributed by atoms with E-state index in [1.54, 1.807) is 13.8 Å². The molecule has 1 radical (unpaired) electrons. The predicted molar refractivity (Wildman–Crippen MR) is 39.2 cm³/mol. The summed E-state index contributed by atoms with van der Waals surface area (Å²) in [5, 5.41) is 0. The summed E-state index contributed by atoms with van der Waals surface area (Å²) in [6.45, 7) is 3.20. The third kappa shape index (κ3) is 1.44. The van der Waals surface area contributed by atoms with Crippen molar-refractivity contribution in [2.75, 3.05) is 0 Å². The fraction of sp³-hybridized carbons (Fsp3) is 0.333. The predicted octanol–water partition coefficient (Wildman–Crippen LogP) is 3.03. The lowest BCUT2D eigenvalue weighted by molar-refractivity contribution is 0.471. The molecule has 12 heavy (non-hydrogen) atoms. The Morgan fingerprint density at radius 1 is 1.25 bits per heavy atom. The Hall–Kier alpha value is -0.990. The summed E-state index contributed by atoms with van der Waals surface area (Å²) < 4.78 is 38.2. The molecule has 0 nitrogen and oxygen atoms in total. The molecule has 0 aliphatic carbocycles. The molecule has 0 atom stereocenters. The molecule has 0 aliphatic rings. The summed E-state index contributed by atoms with van der Waals surface area (Å²) in [6.07, 6.45) is 0. The van der Waals surface area contributed by atoms with E-state index in [0.29, 0.717) is 0 Å². The Balaban J connectivity index is 3.33. The quantitative estimate of drug-likeness (QED) is 0.572. The van der Waals surface area contributed by atoms with Crippen LogP contribution in [0.2, 0.25) is 0 Å². The normalized spacial score (nSPS) is 10.8. The molecule has 1 rings (SSSR count). The zero-order valence-corrected chi connectivity index (χ0v) is 6.79. The van der Waals surface area contributed by atoms with Crippen LogP contribution in [-0.4, -0.2) is 0 Å². The minimum absolute atomic E-state index is 0.216. The molecular weight excluding hydrogens is 165 g/mol. The van der Waals surface area contributed by atoms with Gasteiger partial charge in [0.1, 0.15) is 5.82 Å².